The minimum absolute atomic E-state index is 0.00844. The second kappa shape index (κ2) is 11.9. The molecule has 4 rings (SSSR count). The Morgan fingerprint density at radius 2 is 1.86 bits per heavy atom. The van der Waals surface area contributed by atoms with E-state index in [0.717, 1.165) is 18.4 Å². The van der Waals surface area contributed by atoms with Crippen molar-refractivity contribution in [3.05, 3.63) is 76.0 Å². The molecule has 0 fully saturated rings. The molecule has 8 heteroatoms. The number of carbonyl (C=O) groups excluding carboxylic acids is 2. The third-order valence-electron chi connectivity index (χ3n) is 6.30. The highest BCUT2D eigenvalue weighted by Crippen LogP contribution is 2.35. The van der Waals surface area contributed by atoms with Crippen molar-refractivity contribution in [2.75, 3.05) is 40.5 Å². The molecule has 1 atom stereocenters. The average Bonchev–Trinajstić information content (AvgIpc) is 3.40. The highest BCUT2D eigenvalue weighted by Gasteiger charge is 2.33. The number of carbonyl (C=O) groups is 2. The first-order valence-corrected chi connectivity index (χ1v) is 13.0. The number of hydrogen-bond donors (Lipinski definition) is 0. The standard InChI is InChI=1S/C28H32N2O5S/c1-4-14-29(28(32)20-8-7-9-21(17-20)33-2)18-27(31)30-15-12-26-22(13-16-36-26)23(30)19-35-25-11-6-5-10-24(25)34-3/h5-11,13,16-17,23H,4,12,14-15,18-19H2,1-3H3/t23-/m1/s1. The Morgan fingerprint density at radius 1 is 1.06 bits per heavy atom. The first-order chi connectivity index (χ1) is 17.5. The van der Waals surface area contributed by atoms with Crippen molar-refractivity contribution in [3.63, 3.8) is 0 Å². The summed E-state index contributed by atoms with van der Waals surface area (Å²) in [6.45, 7) is 3.38. The number of benzene rings is 2. The molecule has 0 N–H and O–H groups in total. The van der Waals surface area contributed by atoms with Crippen LogP contribution in [0.25, 0.3) is 0 Å². The van der Waals surface area contributed by atoms with Gasteiger partial charge in [-0.05, 0) is 60.2 Å². The normalized spacial score (nSPS) is 14.6. The molecule has 2 aromatic carbocycles. The maximum atomic E-state index is 13.6. The third-order valence-corrected chi connectivity index (χ3v) is 7.30. The molecular formula is C28H32N2O5S. The first-order valence-electron chi connectivity index (χ1n) is 12.1. The van der Waals surface area contributed by atoms with Gasteiger partial charge in [0.1, 0.15) is 18.9 Å². The van der Waals surface area contributed by atoms with Crippen LogP contribution < -0.4 is 14.2 Å². The third kappa shape index (κ3) is 5.65. The summed E-state index contributed by atoms with van der Waals surface area (Å²) in [4.78, 5) is 31.7. The van der Waals surface area contributed by atoms with Crippen molar-refractivity contribution in [1.29, 1.82) is 0 Å². The summed E-state index contributed by atoms with van der Waals surface area (Å²) in [5, 5.41) is 2.06. The van der Waals surface area contributed by atoms with Gasteiger partial charge in [-0.15, -0.1) is 11.3 Å². The van der Waals surface area contributed by atoms with Gasteiger partial charge in [0.25, 0.3) is 5.91 Å². The van der Waals surface area contributed by atoms with E-state index in [2.05, 4.69) is 11.4 Å². The Hall–Kier alpha value is -3.52. The molecule has 2 heterocycles. The smallest absolute Gasteiger partial charge is 0.254 e. The number of hydrogen-bond acceptors (Lipinski definition) is 6. The van der Waals surface area contributed by atoms with Crippen LogP contribution in [0.2, 0.25) is 0 Å². The maximum Gasteiger partial charge on any atom is 0.254 e. The summed E-state index contributed by atoms with van der Waals surface area (Å²) in [5.41, 5.74) is 1.61. The Bertz CT molecular complexity index is 1190. The van der Waals surface area contributed by atoms with Gasteiger partial charge < -0.3 is 24.0 Å². The monoisotopic (exact) mass is 508 g/mol. The summed E-state index contributed by atoms with van der Waals surface area (Å²) in [5.74, 6) is 1.62. The summed E-state index contributed by atoms with van der Waals surface area (Å²) in [6.07, 6.45) is 1.54. The summed E-state index contributed by atoms with van der Waals surface area (Å²) < 4.78 is 16.9. The predicted octanol–water partition coefficient (Wildman–Crippen LogP) is 4.82. The van der Waals surface area contributed by atoms with Gasteiger partial charge in [0.15, 0.2) is 11.5 Å². The summed E-state index contributed by atoms with van der Waals surface area (Å²) >= 11 is 1.71. The minimum Gasteiger partial charge on any atom is -0.497 e. The number of ether oxygens (including phenoxy) is 3. The van der Waals surface area contributed by atoms with Crippen molar-refractivity contribution >= 4 is 23.2 Å². The van der Waals surface area contributed by atoms with Crippen molar-refractivity contribution < 1.29 is 23.8 Å². The Labute approximate surface area is 216 Å². The SMILES string of the molecule is CCCN(CC(=O)N1CCc2sccc2[C@H]1COc1ccccc1OC)C(=O)c1cccc(OC)c1. The number of amides is 2. The number of methoxy groups -OCH3 is 2. The van der Waals surface area contributed by atoms with Gasteiger partial charge in [0, 0.05) is 23.5 Å². The second-order valence-corrected chi connectivity index (χ2v) is 9.57. The van der Waals surface area contributed by atoms with Crippen LogP contribution in [0.3, 0.4) is 0 Å². The van der Waals surface area contributed by atoms with Crippen LogP contribution in [0.15, 0.2) is 60.0 Å². The molecular weight excluding hydrogens is 476 g/mol. The Morgan fingerprint density at radius 3 is 2.61 bits per heavy atom. The van der Waals surface area contributed by atoms with E-state index in [1.807, 2.05) is 36.1 Å². The predicted molar refractivity (Wildman–Crippen MR) is 140 cm³/mol. The van der Waals surface area contributed by atoms with E-state index in [1.54, 1.807) is 54.7 Å². The molecule has 0 bridgehead atoms. The van der Waals surface area contributed by atoms with Crippen LogP contribution in [0, 0.1) is 0 Å². The van der Waals surface area contributed by atoms with Gasteiger partial charge in [0.2, 0.25) is 5.91 Å². The fourth-order valence-electron chi connectivity index (χ4n) is 4.50. The van der Waals surface area contributed by atoms with E-state index in [1.165, 1.54) is 4.88 Å². The van der Waals surface area contributed by atoms with E-state index >= 15 is 0 Å². The van der Waals surface area contributed by atoms with Gasteiger partial charge >= 0.3 is 0 Å². The van der Waals surface area contributed by atoms with Gasteiger partial charge in [-0.25, -0.2) is 0 Å². The Balaban J connectivity index is 1.53. The van der Waals surface area contributed by atoms with Gasteiger partial charge in [-0.3, -0.25) is 9.59 Å². The van der Waals surface area contributed by atoms with E-state index in [4.69, 9.17) is 14.2 Å². The van der Waals surface area contributed by atoms with Gasteiger partial charge in [-0.2, -0.15) is 0 Å². The molecule has 0 unspecified atom stereocenters. The van der Waals surface area contributed by atoms with Crippen LogP contribution in [0.5, 0.6) is 17.2 Å². The molecule has 36 heavy (non-hydrogen) atoms. The number of nitrogens with zero attached hydrogens (tertiary/aromatic N) is 2. The molecule has 0 saturated carbocycles. The van der Waals surface area contributed by atoms with Gasteiger partial charge in [-0.1, -0.05) is 25.1 Å². The van der Waals surface area contributed by atoms with Crippen LogP contribution >= 0.6 is 11.3 Å². The van der Waals surface area contributed by atoms with Crippen LogP contribution in [-0.2, 0) is 11.2 Å². The highest BCUT2D eigenvalue weighted by atomic mass is 32.1. The quantitative estimate of drug-likeness (QED) is 0.393. The van der Waals surface area contributed by atoms with Crippen LogP contribution in [0.1, 0.15) is 40.2 Å². The summed E-state index contributed by atoms with van der Waals surface area (Å²) in [6, 6.07) is 16.4. The molecule has 7 nitrogen and oxygen atoms in total. The molecule has 190 valence electrons. The highest BCUT2D eigenvalue weighted by molar-refractivity contribution is 7.10. The molecule has 1 aliphatic rings. The fraction of sp³-hybridized carbons (Fsp3) is 0.357. The van der Waals surface area contributed by atoms with Crippen LogP contribution in [-0.4, -0.2) is 62.1 Å². The lowest BCUT2D eigenvalue weighted by Crippen LogP contribution is -2.48. The lowest BCUT2D eigenvalue weighted by Gasteiger charge is -2.37. The van der Waals surface area contributed by atoms with Gasteiger partial charge in [0.05, 0.1) is 20.3 Å². The van der Waals surface area contributed by atoms with E-state index in [9.17, 15) is 9.59 Å². The number of thiophene rings is 1. The lowest BCUT2D eigenvalue weighted by atomic mass is 10.0. The maximum absolute atomic E-state index is 13.6. The summed E-state index contributed by atoms with van der Waals surface area (Å²) in [7, 11) is 3.18. The topological polar surface area (TPSA) is 68.3 Å². The molecule has 0 spiro atoms. The Kier molecular flexibility index (Phi) is 8.48. The average molecular weight is 509 g/mol. The lowest BCUT2D eigenvalue weighted by molar-refractivity contribution is -0.135. The van der Waals surface area contributed by atoms with E-state index in [-0.39, 0.29) is 24.4 Å². The minimum atomic E-state index is -0.243. The van der Waals surface area contributed by atoms with Crippen molar-refractivity contribution in [3.8, 4) is 17.2 Å². The molecule has 1 aromatic heterocycles. The van der Waals surface area contributed by atoms with Crippen molar-refractivity contribution in [2.24, 2.45) is 0 Å². The molecule has 0 aliphatic carbocycles. The van der Waals surface area contributed by atoms with E-state index in [0.29, 0.717) is 42.5 Å². The number of fused-ring (bicyclic) bond motifs is 1. The molecule has 0 radical (unpaired) electrons. The molecule has 1 aliphatic heterocycles. The van der Waals surface area contributed by atoms with Crippen molar-refractivity contribution in [1.82, 2.24) is 9.80 Å². The molecule has 0 saturated heterocycles. The first kappa shape index (κ1) is 25.6. The zero-order valence-corrected chi connectivity index (χ0v) is 21.8. The second-order valence-electron chi connectivity index (χ2n) is 8.57. The zero-order chi connectivity index (χ0) is 25.5. The zero-order valence-electron chi connectivity index (χ0n) is 20.9. The number of para-hydroxylation sites is 2. The number of rotatable bonds is 10. The molecule has 2 amide bonds. The largest absolute Gasteiger partial charge is 0.497 e. The van der Waals surface area contributed by atoms with Crippen LogP contribution in [0.4, 0.5) is 0 Å². The fourth-order valence-corrected chi connectivity index (χ4v) is 5.42. The van der Waals surface area contributed by atoms with E-state index < -0.39 is 0 Å². The molecule has 3 aromatic rings. The van der Waals surface area contributed by atoms with Crippen molar-refractivity contribution in [2.45, 2.75) is 25.8 Å².